The maximum absolute atomic E-state index is 4.71. The molecule has 168 valence electrons. The first-order chi connectivity index (χ1) is 14.2. The fourth-order valence-electron chi connectivity index (χ4n) is 2.92. The maximum atomic E-state index is 4.71. The fourth-order valence-corrected chi connectivity index (χ4v) is 3.35. The number of aromatic nitrogens is 3. The molecule has 0 spiro atoms. The number of nitrogens with one attached hydrogen (secondary N) is 2. The summed E-state index contributed by atoms with van der Waals surface area (Å²) >= 11 is 1.87. The summed E-state index contributed by atoms with van der Waals surface area (Å²) in [5.74, 6) is 3.76. The Bertz CT molecular complexity index is 736. The fraction of sp³-hybridized carbons (Fsp3) is 0.571. The van der Waals surface area contributed by atoms with Crippen molar-refractivity contribution in [3.8, 4) is 0 Å². The highest BCUT2D eigenvalue weighted by atomic mass is 127. The summed E-state index contributed by atoms with van der Waals surface area (Å²) in [5.41, 5.74) is 1.27. The van der Waals surface area contributed by atoms with Crippen molar-refractivity contribution in [2.75, 3.05) is 43.1 Å². The van der Waals surface area contributed by atoms with Gasteiger partial charge in [-0.05, 0) is 50.8 Å². The van der Waals surface area contributed by atoms with E-state index in [9.17, 15) is 0 Å². The van der Waals surface area contributed by atoms with Crippen LogP contribution in [0.4, 0.5) is 5.69 Å². The van der Waals surface area contributed by atoms with Gasteiger partial charge in [-0.25, -0.2) is 4.99 Å². The van der Waals surface area contributed by atoms with Gasteiger partial charge in [0.05, 0.1) is 0 Å². The number of rotatable bonds is 12. The second-order valence-corrected chi connectivity index (χ2v) is 7.84. The number of aryl methyl sites for hydroxylation is 1. The van der Waals surface area contributed by atoms with Gasteiger partial charge in [0.15, 0.2) is 11.8 Å². The van der Waals surface area contributed by atoms with Crippen molar-refractivity contribution in [1.82, 2.24) is 25.4 Å². The number of hydrogen-bond donors (Lipinski definition) is 2. The van der Waals surface area contributed by atoms with Crippen molar-refractivity contribution < 1.29 is 0 Å². The van der Waals surface area contributed by atoms with E-state index in [0.29, 0.717) is 6.54 Å². The van der Waals surface area contributed by atoms with Gasteiger partial charge in [0.2, 0.25) is 0 Å². The maximum Gasteiger partial charge on any atom is 0.191 e. The first-order valence-electron chi connectivity index (χ1n) is 10.3. The molecule has 2 rings (SSSR count). The summed E-state index contributed by atoms with van der Waals surface area (Å²) in [5, 5.41) is 15.2. The minimum atomic E-state index is 0. The molecule has 0 saturated heterocycles. The Morgan fingerprint density at radius 1 is 1.13 bits per heavy atom. The van der Waals surface area contributed by atoms with Gasteiger partial charge in [0, 0.05) is 38.9 Å². The van der Waals surface area contributed by atoms with Crippen LogP contribution in [-0.4, -0.2) is 58.9 Å². The van der Waals surface area contributed by atoms with Crippen LogP contribution in [0.1, 0.15) is 31.4 Å². The quantitative estimate of drug-likeness (QED) is 0.184. The first kappa shape index (κ1) is 26.5. The van der Waals surface area contributed by atoms with Crippen LogP contribution in [0.5, 0.6) is 0 Å². The summed E-state index contributed by atoms with van der Waals surface area (Å²) in [6, 6.07) is 10.6. The summed E-state index contributed by atoms with van der Waals surface area (Å²) < 4.78 is 1.98. The van der Waals surface area contributed by atoms with E-state index in [4.69, 9.17) is 4.99 Å². The van der Waals surface area contributed by atoms with Crippen molar-refractivity contribution >= 4 is 47.4 Å². The average molecular weight is 546 g/mol. The van der Waals surface area contributed by atoms with E-state index in [2.05, 4.69) is 69.2 Å². The molecule has 7 nitrogen and oxygen atoms in total. The zero-order chi connectivity index (χ0) is 20.9. The third-order valence-electron chi connectivity index (χ3n) is 4.78. The molecule has 0 aliphatic carbocycles. The second kappa shape index (κ2) is 15.3. The molecule has 0 fully saturated rings. The van der Waals surface area contributed by atoms with E-state index in [1.165, 1.54) is 5.69 Å². The molecule has 9 heteroatoms. The first-order valence-corrected chi connectivity index (χ1v) is 11.7. The molecule has 2 N–H and O–H groups in total. The zero-order valence-corrected chi connectivity index (χ0v) is 21.7. The number of hydrogen-bond acceptors (Lipinski definition) is 5. The SMILES string of the molecule is CCN(CCCNC(=NCc1nnc(C)n1C)NCCCSC)c1ccccc1.I. The lowest BCUT2D eigenvalue weighted by Crippen LogP contribution is -2.39. The summed E-state index contributed by atoms with van der Waals surface area (Å²) in [6.45, 7) is 8.46. The minimum absolute atomic E-state index is 0. The molecule has 0 bridgehead atoms. The predicted octanol–water partition coefficient (Wildman–Crippen LogP) is 3.45. The van der Waals surface area contributed by atoms with Crippen LogP contribution in [0.15, 0.2) is 35.3 Å². The molecule has 0 aliphatic rings. The lowest BCUT2D eigenvalue weighted by molar-refractivity contribution is 0.699. The second-order valence-electron chi connectivity index (χ2n) is 6.86. The van der Waals surface area contributed by atoms with Crippen molar-refractivity contribution in [1.29, 1.82) is 0 Å². The zero-order valence-electron chi connectivity index (χ0n) is 18.6. The Labute approximate surface area is 202 Å². The average Bonchev–Trinajstić information content (AvgIpc) is 3.07. The van der Waals surface area contributed by atoms with Crippen LogP contribution >= 0.6 is 35.7 Å². The molecule has 1 aromatic heterocycles. The number of para-hydroxylation sites is 1. The summed E-state index contributed by atoms with van der Waals surface area (Å²) in [7, 11) is 1.97. The van der Waals surface area contributed by atoms with Crippen LogP contribution in [0.2, 0.25) is 0 Å². The highest BCUT2D eigenvalue weighted by molar-refractivity contribution is 14.0. The molecule has 0 atom stereocenters. The Hall–Kier alpha value is -1.49. The molecule has 2 aromatic rings. The van der Waals surface area contributed by atoms with Gasteiger partial charge in [0.1, 0.15) is 12.4 Å². The van der Waals surface area contributed by atoms with Crippen molar-refractivity contribution in [2.24, 2.45) is 12.0 Å². The van der Waals surface area contributed by atoms with Crippen LogP contribution < -0.4 is 15.5 Å². The molecule has 0 aliphatic heterocycles. The summed E-state index contributed by atoms with van der Waals surface area (Å²) in [4.78, 5) is 7.11. The molecule has 0 radical (unpaired) electrons. The van der Waals surface area contributed by atoms with Gasteiger partial charge < -0.3 is 20.1 Å². The van der Waals surface area contributed by atoms with E-state index >= 15 is 0 Å². The van der Waals surface area contributed by atoms with Crippen LogP contribution in [0, 0.1) is 6.92 Å². The highest BCUT2D eigenvalue weighted by Crippen LogP contribution is 2.12. The highest BCUT2D eigenvalue weighted by Gasteiger charge is 2.06. The van der Waals surface area contributed by atoms with Gasteiger partial charge in [-0.15, -0.1) is 34.2 Å². The van der Waals surface area contributed by atoms with E-state index in [1.807, 2.05) is 30.3 Å². The van der Waals surface area contributed by atoms with Gasteiger partial charge in [-0.3, -0.25) is 0 Å². The van der Waals surface area contributed by atoms with E-state index in [-0.39, 0.29) is 24.0 Å². The van der Waals surface area contributed by atoms with Crippen molar-refractivity contribution in [3.63, 3.8) is 0 Å². The van der Waals surface area contributed by atoms with Crippen LogP contribution in [0.25, 0.3) is 0 Å². The normalized spacial score (nSPS) is 11.1. The van der Waals surface area contributed by atoms with Crippen LogP contribution in [0.3, 0.4) is 0 Å². The molecular formula is C21H36IN7S. The molecule has 0 amide bonds. The Kier molecular flexibility index (Phi) is 13.6. The number of aliphatic imine (C=N–C) groups is 1. The Balaban J connectivity index is 0.00000450. The largest absolute Gasteiger partial charge is 0.372 e. The number of halogens is 1. The Morgan fingerprint density at radius 3 is 2.43 bits per heavy atom. The van der Waals surface area contributed by atoms with Gasteiger partial charge in [-0.2, -0.15) is 11.8 Å². The van der Waals surface area contributed by atoms with Crippen molar-refractivity contribution in [3.05, 3.63) is 42.0 Å². The predicted molar refractivity (Wildman–Crippen MR) is 140 cm³/mol. The molecule has 1 heterocycles. The van der Waals surface area contributed by atoms with E-state index in [0.717, 1.165) is 62.4 Å². The van der Waals surface area contributed by atoms with Gasteiger partial charge in [0.25, 0.3) is 0 Å². The van der Waals surface area contributed by atoms with Gasteiger partial charge >= 0.3 is 0 Å². The third-order valence-corrected chi connectivity index (χ3v) is 5.48. The lowest BCUT2D eigenvalue weighted by Gasteiger charge is -2.23. The van der Waals surface area contributed by atoms with Crippen LogP contribution in [-0.2, 0) is 13.6 Å². The van der Waals surface area contributed by atoms with E-state index < -0.39 is 0 Å². The molecule has 1 aromatic carbocycles. The number of benzene rings is 1. The monoisotopic (exact) mass is 545 g/mol. The molecule has 0 unspecified atom stereocenters. The number of thioether (sulfide) groups is 1. The standard InChI is InChI=1S/C21H35N7S.HI/c1-5-28(19-11-7-6-8-12-19)15-9-13-22-21(23-14-10-16-29-4)24-17-20-26-25-18(2)27(20)3;/h6-8,11-12H,5,9-10,13-17H2,1-4H3,(H2,22,23,24);1H. The minimum Gasteiger partial charge on any atom is -0.372 e. The van der Waals surface area contributed by atoms with E-state index in [1.54, 1.807) is 0 Å². The smallest absolute Gasteiger partial charge is 0.191 e. The number of guanidine groups is 1. The third kappa shape index (κ3) is 9.11. The number of anilines is 1. The number of nitrogens with zero attached hydrogens (tertiary/aromatic N) is 5. The van der Waals surface area contributed by atoms with Crippen molar-refractivity contribution in [2.45, 2.75) is 33.2 Å². The van der Waals surface area contributed by atoms with Gasteiger partial charge in [-0.1, -0.05) is 18.2 Å². The molecule has 0 saturated carbocycles. The Morgan fingerprint density at radius 2 is 1.83 bits per heavy atom. The molecular weight excluding hydrogens is 509 g/mol. The summed E-state index contributed by atoms with van der Waals surface area (Å²) in [6.07, 6.45) is 4.29. The topological polar surface area (TPSA) is 70.4 Å². The lowest BCUT2D eigenvalue weighted by atomic mass is 10.2. The molecule has 30 heavy (non-hydrogen) atoms.